The molecule has 0 amide bonds. The molecule has 0 aliphatic rings. The lowest BCUT2D eigenvalue weighted by Crippen LogP contribution is -2.22. The van der Waals surface area contributed by atoms with Crippen LogP contribution in [0.4, 0.5) is 0 Å². The van der Waals surface area contributed by atoms with Gasteiger partial charge in [0.25, 0.3) is 0 Å². The maximum absolute atomic E-state index is 5.45. The molecule has 1 rings (SSSR count). The average Bonchev–Trinajstić information content (AvgIpc) is 2.48. The van der Waals surface area contributed by atoms with Gasteiger partial charge in [-0.2, -0.15) is 0 Å². The SMILES string of the molecule is C[Si](C)(C)CCOCn1ccnn1. The van der Waals surface area contributed by atoms with Crippen LogP contribution in [0.25, 0.3) is 0 Å². The standard InChI is InChI=1S/C8H17N3OSi/c1-13(2,3)7-6-12-8-11-5-4-9-10-11/h4-5H,6-8H2,1-3H3. The zero-order valence-corrected chi connectivity index (χ0v) is 9.53. The number of hydrogen-bond acceptors (Lipinski definition) is 3. The summed E-state index contributed by atoms with van der Waals surface area (Å²) >= 11 is 0. The average molecular weight is 199 g/mol. The van der Waals surface area contributed by atoms with Crippen molar-refractivity contribution in [1.29, 1.82) is 0 Å². The first kappa shape index (κ1) is 10.4. The molecule has 0 aliphatic carbocycles. The summed E-state index contributed by atoms with van der Waals surface area (Å²) in [5, 5.41) is 7.49. The zero-order valence-electron chi connectivity index (χ0n) is 8.53. The molecule has 0 bridgehead atoms. The molecule has 0 atom stereocenters. The molecule has 13 heavy (non-hydrogen) atoms. The van der Waals surface area contributed by atoms with Crippen LogP contribution in [0, 0.1) is 0 Å². The molecule has 74 valence electrons. The van der Waals surface area contributed by atoms with Crippen LogP contribution in [0.15, 0.2) is 12.4 Å². The highest BCUT2D eigenvalue weighted by Crippen LogP contribution is 2.07. The fourth-order valence-corrected chi connectivity index (χ4v) is 1.59. The van der Waals surface area contributed by atoms with E-state index >= 15 is 0 Å². The Morgan fingerprint density at radius 2 is 2.15 bits per heavy atom. The van der Waals surface area contributed by atoms with Gasteiger partial charge in [-0.15, -0.1) is 5.10 Å². The summed E-state index contributed by atoms with van der Waals surface area (Å²) in [4.78, 5) is 0. The van der Waals surface area contributed by atoms with E-state index in [2.05, 4.69) is 30.0 Å². The van der Waals surface area contributed by atoms with Crippen LogP contribution < -0.4 is 0 Å². The van der Waals surface area contributed by atoms with Gasteiger partial charge in [0.05, 0.1) is 6.20 Å². The third kappa shape index (κ3) is 4.79. The molecule has 0 spiro atoms. The van der Waals surface area contributed by atoms with Crippen molar-refractivity contribution in [2.45, 2.75) is 32.4 Å². The van der Waals surface area contributed by atoms with Crippen molar-refractivity contribution in [2.75, 3.05) is 6.61 Å². The topological polar surface area (TPSA) is 39.9 Å². The second kappa shape index (κ2) is 4.52. The summed E-state index contributed by atoms with van der Waals surface area (Å²) in [7, 11) is -0.950. The van der Waals surface area contributed by atoms with Crippen molar-refractivity contribution in [3.8, 4) is 0 Å². The van der Waals surface area contributed by atoms with E-state index in [-0.39, 0.29) is 0 Å². The van der Waals surface area contributed by atoms with E-state index in [9.17, 15) is 0 Å². The van der Waals surface area contributed by atoms with Crippen molar-refractivity contribution in [1.82, 2.24) is 15.0 Å². The molecule has 4 nitrogen and oxygen atoms in total. The van der Waals surface area contributed by atoms with Gasteiger partial charge in [0.2, 0.25) is 0 Å². The van der Waals surface area contributed by atoms with Gasteiger partial charge in [-0.25, -0.2) is 4.68 Å². The lowest BCUT2D eigenvalue weighted by molar-refractivity contribution is 0.0772. The van der Waals surface area contributed by atoms with Crippen LogP contribution in [0.5, 0.6) is 0 Å². The summed E-state index contributed by atoms with van der Waals surface area (Å²) in [5.74, 6) is 0. The van der Waals surface area contributed by atoms with E-state index in [1.165, 1.54) is 6.04 Å². The quantitative estimate of drug-likeness (QED) is 0.534. The molecule has 1 aromatic heterocycles. The van der Waals surface area contributed by atoms with Gasteiger partial charge in [0.15, 0.2) is 0 Å². The number of hydrogen-bond donors (Lipinski definition) is 0. The molecule has 0 radical (unpaired) electrons. The van der Waals surface area contributed by atoms with Crippen LogP contribution >= 0.6 is 0 Å². The fraction of sp³-hybridized carbons (Fsp3) is 0.750. The maximum Gasteiger partial charge on any atom is 0.141 e. The van der Waals surface area contributed by atoms with Crippen molar-refractivity contribution >= 4 is 8.07 Å². The van der Waals surface area contributed by atoms with Crippen LogP contribution in [0.2, 0.25) is 25.7 Å². The third-order valence-electron chi connectivity index (χ3n) is 1.69. The summed E-state index contributed by atoms with van der Waals surface area (Å²) < 4.78 is 7.13. The van der Waals surface area contributed by atoms with E-state index in [0.717, 1.165) is 6.61 Å². The number of rotatable bonds is 5. The molecule has 0 aliphatic heterocycles. The molecular weight excluding hydrogens is 182 g/mol. The summed E-state index contributed by atoms with van der Waals surface area (Å²) in [6.45, 7) is 8.36. The molecule has 0 aromatic carbocycles. The largest absolute Gasteiger partial charge is 0.359 e. The summed E-state index contributed by atoms with van der Waals surface area (Å²) in [6.07, 6.45) is 3.45. The minimum absolute atomic E-state index is 0.518. The second-order valence-corrected chi connectivity index (χ2v) is 9.91. The Hall–Kier alpha value is -0.683. The van der Waals surface area contributed by atoms with Gasteiger partial charge in [-0.1, -0.05) is 24.9 Å². The lowest BCUT2D eigenvalue weighted by Gasteiger charge is -2.14. The monoisotopic (exact) mass is 199 g/mol. The highest BCUT2D eigenvalue weighted by atomic mass is 28.3. The van der Waals surface area contributed by atoms with E-state index in [1.807, 2.05) is 0 Å². The Morgan fingerprint density at radius 3 is 2.69 bits per heavy atom. The van der Waals surface area contributed by atoms with Crippen LogP contribution in [-0.4, -0.2) is 29.7 Å². The van der Waals surface area contributed by atoms with Crippen LogP contribution in [0.1, 0.15) is 0 Å². The Labute approximate surface area is 79.9 Å². The van der Waals surface area contributed by atoms with Crippen molar-refractivity contribution in [2.24, 2.45) is 0 Å². The molecule has 0 saturated carbocycles. The predicted octanol–water partition coefficient (Wildman–Crippen LogP) is 1.59. The minimum Gasteiger partial charge on any atom is -0.359 e. The summed E-state index contributed by atoms with van der Waals surface area (Å²) in [6, 6.07) is 1.20. The molecule has 0 fully saturated rings. The zero-order chi connectivity index (χ0) is 9.73. The number of aromatic nitrogens is 3. The van der Waals surface area contributed by atoms with Gasteiger partial charge < -0.3 is 4.74 Å². The molecule has 1 heterocycles. The Balaban J connectivity index is 2.09. The Kier molecular flexibility index (Phi) is 3.62. The second-order valence-electron chi connectivity index (χ2n) is 4.29. The molecule has 0 saturated heterocycles. The minimum atomic E-state index is -0.950. The predicted molar refractivity (Wildman–Crippen MR) is 54.1 cm³/mol. The maximum atomic E-state index is 5.45. The molecular formula is C8H17N3OSi. The number of nitrogens with zero attached hydrogens (tertiary/aromatic N) is 3. The van der Waals surface area contributed by atoms with Crippen molar-refractivity contribution in [3.63, 3.8) is 0 Å². The van der Waals surface area contributed by atoms with Gasteiger partial charge in [0, 0.05) is 20.9 Å². The highest BCUT2D eigenvalue weighted by Gasteiger charge is 2.11. The smallest absolute Gasteiger partial charge is 0.141 e. The van der Waals surface area contributed by atoms with Crippen molar-refractivity contribution in [3.05, 3.63) is 12.4 Å². The lowest BCUT2D eigenvalue weighted by atomic mass is 10.8. The first-order chi connectivity index (χ1) is 6.08. The van der Waals surface area contributed by atoms with E-state index < -0.39 is 8.07 Å². The molecule has 5 heteroatoms. The Morgan fingerprint density at radius 1 is 1.38 bits per heavy atom. The Bertz CT molecular complexity index is 230. The first-order valence-corrected chi connectivity index (χ1v) is 8.20. The van der Waals surface area contributed by atoms with Gasteiger partial charge in [-0.3, -0.25) is 0 Å². The molecule has 1 aromatic rings. The summed E-state index contributed by atoms with van der Waals surface area (Å²) in [5.41, 5.74) is 0. The van der Waals surface area contributed by atoms with Crippen LogP contribution in [0.3, 0.4) is 0 Å². The fourth-order valence-electron chi connectivity index (χ4n) is 0.838. The number of ether oxygens (including phenoxy) is 1. The first-order valence-electron chi connectivity index (χ1n) is 4.50. The van der Waals surface area contributed by atoms with Gasteiger partial charge in [-0.05, 0) is 6.04 Å². The van der Waals surface area contributed by atoms with E-state index in [0.29, 0.717) is 6.73 Å². The van der Waals surface area contributed by atoms with Crippen molar-refractivity contribution < 1.29 is 4.74 Å². The molecule has 0 unspecified atom stereocenters. The van der Waals surface area contributed by atoms with E-state index in [1.54, 1.807) is 17.1 Å². The normalized spacial score (nSPS) is 11.9. The van der Waals surface area contributed by atoms with E-state index in [4.69, 9.17) is 4.74 Å². The van der Waals surface area contributed by atoms with Gasteiger partial charge in [0.1, 0.15) is 6.73 Å². The molecule has 0 N–H and O–H groups in total. The highest BCUT2D eigenvalue weighted by molar-refractivity contribution is 6.76. The van der Waals surface area contributed by atoms with Crippen LogP contribution in [-0.2, 0) is 11.5 Å². The van der Waals surface area contributed by atoms with Gasteiger partial charge >= 0.3 is 0 Å². The third-order valence-corrected chi connectivity index (χ3v) is 3.40.